The van der Waals surface area contributed by atoms with Crippen LogP contribution >= 0.6 is 0 Å². The van der Waals surface area contributed by atoms with Gasteiger partial charge in [-0.1, -0.05) is 44.2 Å². The van der Waals surface area contributed by atoms with Crippen LogP contribution in [0.15, 0.2) is 72.3 Å². The van der Waals surface area contributed by atoms with Crippen molar-refractivity contribution in [3.05, 3.63) is 83.4 Å². The number of hydrogen-bond donors (Lipinski definition) is 3. The molecule has 1 saturated heterocycles. The quantitative estimate of drug-likeness (QED) is 0.161. The zero-order chi connectivity index (χ0) is 27.7. The van der Waals surface area contributed by atoms with Crippen molar-refractivity contribution in [1.29, 1.82) is 0 Å². The van der Waals surface area contributed by atoms with E-state index in [1.54, 1.807) is 49.4 Å². The highest BCUT2D eigenvalue weighted by Gasteiger charge is 2.48. The molecule has 200 valence electrons. The highest BCUT2D eigenvalue weighted by atomic mass is 16.5. The van der Waals surface area contributed by atoms with Crippen LogP contribution in [0, 0.1) is 5.92 Å². The second kappa shape index (κ2) is 10.5. The van der Waals surface area contributed by atoms with Crippen LogP contribution in [0.25, 0.3) is 16.8 Å². The number of nitrogens with zero attached hydrogens (tertiary/aromatic N) is 2. The molecule has 9 nitrogen and oxygen atoms in total. The van der Waals surface area contributed by atoms with Gasteiger partial charge in [-0.3, -0.25) is 14.5 Å². The van der Waals surface area contributed by atoms with E-state index in [0.717, 1.165) is 0 Å². The number of fused-ring (bicyclic) bond motifs is 1. The maximum Gasteiger partial charge on any atom is 0.302 e. The molecule has 0 spiro atoms. The fourth-order valence-corrected chi connectivity index (χ4v) is 4.54. The van der Waals surface area contributed by atoms with Crippen molar-refractivity contribution in [1.82, 2.24) is 9.97 Å². The van der Waals surface area contributed by atoms with Crippen molar-refractivity contribution in [2.75, 3.05) is 18.1 Å². The molecule has 9 heteroatoms. The minimum Gasteiger partial charge on any atom is -0.507 e. The summed E-state index contributed by atoms with van der Waals surface area (Å²) >= 11 is 0. The van der Waals surface area contributed by atoms with Gasteiger partial charge in [0, 0.05) is 5.56 Å². The highest BCUT2D eigenvalue weighted by Crippen LogP contribution is 2.43. The summed E-state index contributed by atoms with van der Waals surface area (Å²) in [5.41, 5.74) is 1.96. The molecule has 1 aliphatic heterocycles. The Kier molecular flexibility index (Phi) is 6.98. The minimum absolute atomic E-state index is 0.0868. The number of H-pyrrole nitrogens is 1. The summed E-state index contributed by atoms with van der Waals surface area (Å²) < 4.78 is 11.4. The van der Waals surface area contributed by atoms with Gasteiger partial charge in [0.1, 0.15) is 11.5 Å². The van der Waals surface area contributed by atoms with E-state index < -0.39 is 17.7 Å². The molecule has 3 aromatic carbocycles. The lowest BCUT2D eigenvalue weighted by Gasteiger charge is -2.23. The Balaban J connectivity index is 1.68. The van der Waals surface area contributed by atoms with Crippen molar-refractivity contribution in [2.45, 2.75) is 26.8 Å². The molecule has 1 fully saturated rings. The van der Waals surface area contributed by atoms with E-state index in [2.05, 4.69) is 9.97 Å². The van der Waals surface area contributed by atoms with E-state index in [0.29, 0.717) is 47.0 Å². The predicted octanol–water partition coefficient (Wildman–Crippen LogP) is 5.33. The first kappa shape index (κ1) is 25.8. The first-order valence-electron chi connectivity index (χ1n) is 12.7. The number of anilines is 1. The lowest BCUT2D eigenvalue weighted by atomic mass is 9.95. The fraction of sp³-hybridized carbons (Fsp3) is 0.233. The number of nitrogens with one attached hydrogen (secondary N) is 1. The number of phenols is 1. The first-order chi connectivity index (χ1) is 18.8. The second-order valence-electron chi connectivity index (χ2n) is 9.64. The number of aromatic nitrogens is 2. The van der Waals surface area contributed by atoms with Crippen LogP contribution in [0.4, 0.5) is 5.95 Å². The Bertz CT molecular complexity index is 1560. The van der Waals surface area contributed by atoms with Gasteiger partial charge in [0.2, 0.25) is 5.95 Å². The van der Waals surface area contributed by atoms with E-state index in [1.165, 1.54) is 11.0 Å². The lowest BCUT2D eigenvalue weighted by molar-refractivity contribution is -0.132. The maximum absolute atomic E-state index is 13.5. The van der Waals surface area contributed by atoms with Crippen LogP contribution in [0.1, 0.15) is 37.9 Å². The number of aromatic amines is 1. The summed E-state index contributed by atoms with van der Waals surface area (Å²) in [4.78, 5) is 35.9. The monoisotopic (exact) mass is 527 g/mol. The first-order valence-corrected chi connectivity index (χ1v) is 12.7. The molecule has 1 aromatic heterocycles. The summed E-state index contributed by atoms with van der Waals surface area (Å²) in [6.07, 6.45) is 0. The number of aromatic hydroxyl groups is 1. The van der Waals surface area contributed by atoms with Gasteiger partial charge < -0.3 is 24.7 Å². The molecule has 1 atom stereocenters. The van der Waals surface area contributed by atoms with Crippen molar-refractivity contribution in [2.24, 2.45) is 5.92 Å². The van der Waals surface area contributed by atoms with Crippen LogP contribution in [-0.4, -0.2) is 45.1 Å². The fourth-order valence-electron chi connectivity index (χ4n) is 4.54. The second-order valence-corrected chi connectivity index (χ2v) is 9.64. The molecule has 1 amide bonds. The molecule has 5 rings (SSSR count). The third-order valence-corrected chi connectivity index (χ3v) is 6.34. The van der Waals surface area contributed by atoms with E-state index >= 15 is 0 Å². The zero-order valence-electron chi connectivity index (χ0n) is 21.8. The van der Waals surface area contributed by atoms with E-state index in [4.69, 9.17) is 9.47 Å². The molecule has 39 heavy (non-hydrogen) atoms. The summed E-state index contributed by atoms with van der Waals surface area (Å²) in [5, 5.41) is 21.8. The Morgan fingerprint density at radius 2 is 1.85 bits per heavy atom. The van der Waals surface area contributed by atoms with Gasteiger partial charge in [-0.25, -0.2) is 4.98 Å². The SMILES string of the molecule is CCOc1cc(C2/C(=C(\O)c3cccc(OCC(C)C)c3)C(=O)C(=O)N2c2nc3ccccc3[nH]2)ccc1O. The topological polar surface area (TPSA) is 125 Å². The number of para-hydroxylation sites is 2. The number of hydrogen-bond acceptors (Lipinski definition) is 7. The zero-order valence-corrected chi connectivity index (χ0v) is 21.8. The van der Waals surface area contributed by atoms with Crippen LogP contribution in [0.2, 0.25) is 0 Å². The van der Waals surface area contributed by atoms with Crippen LogP contribution in [0.3, 0.4) is 0 Å². The van der Waals surface area contributed by atoms with E-state index in [1.807, 2.05) is 32.0 Å². The van der Waals surface area contributed by atoms with E-state index in [9.17, 15) is 19.8 Å². The van der Waals surface area contributed by atoms with Crippen molar-refractivity contribution in [3.63, 3.8) is 0 Å². The molecule has 1 aliphatic rings. The number of ketones is 1. The molecular formula is C30H29N3O6. The summed E-state index contributed by atoms with van der Waals surface area (Å²) in [5.74, 6) is -0.980. The van der Waals surface area contributed by atoms with Gasteiger partial charge in [-0.15, -0.1) is 0 Å². The van der Waals surface area contributed by atoms with Crippen molar-refractivity contribution >= 4 is 34.4 Å². The number of rotatable bonds is 8. The Hall–Kier alpha value is -4.79. The van der Waals surface area contributed by atoms with Crippen molar-refractivity contribution < 1.29 is 29.3 Å². The van der Waals surface area contributed by atoms with Gasteiger partial charge in [0.05, 0.1) is 35.9 Å². The molecule has 4 aromatic rings. The maximum atomic E-state index is 13.5. The number of imidazole rings is 1. The number of carbonyl (C=O) groups excluding carboxylic acids is 2. The number of benzene rings is 3. The highest BCUT2D eigenvalue weighted by molar-refractivity contribution is 6.51. The van der Waals surface area contributed by atoms with Crippen molar-refractivity contribution in [3.8, 4) is 17.2 Å². The van der Waals surface area contributed by atoms with E-state index in [-0.39, 0.29) is 28.8 Å². The number of amides is 1. The predicted molar refractivity (Wildman–Crippen MR) is 147 cm³/mol. The molecule has 0 aliphatic carbocycles. The summed E-state index contributed by atoms with van der Waals surface area (Å²) in [6.45, 7) is 6.61. The smallest absolute Gasteiger partial charge is 0.302 e. The van der Waals surface area contributed by atoms with Crippen LogP contribution < -0.4 is 14.4 Å². The molecule has 3 N–H and O–H groups in total. The normalized spacial score (nSPS) is 16.8. The number of ether oxygens (including phenoxy) is 2. The number of carbonyl (C=O) groups is 2. The molecule has 2 heterocycles. The molecule has 0 saturated carbocycles. The van der Waals surface area contributed by atoms with Gasteiger partial charge >= 0.3 is 5.91 Å². The minimum atomic E-state index is -1.05. The van der Waals surface area contributed by atoms with Gasteiger partial charge in [-0.2, -0.15) is 0 Å². The Labute approximate surface area is 225 Å². The van der Waals surface area contributed by atoms with Gasteiger partial charge in [-0.05, 0) is 54.8 Å². The molecule has 1 unspecified atom stereocenters. The summed E-state index contributed by atoms with van der Waals surface area (Å²) in [6, 6.07) is 17.5. The standard InChI is InChI=1S/C30H29N3O6/c1-4-38-24-15-18(12-13-23(24)34)26-25(27(35)19-8-7-9-20(14-19)39-16-17(2)3)28(36)29(37)33(26)30-31-21-10-5-6-11-22(21)32-30/h5-15,17,26,34-35H,4,16H2,1-3H3,(H,31,32)/b27-25+. The number of aliphatic hydroxyl groups excluding tert-OH is 1. The average molecular weight is 528 g/mol. The average Bonchev–Trinajstić information content (AvgIpc) is 3.47. The van der Waals surface area contributed by atoms with Crippen LogP contribution in [-0.2, 0) is 9.59 Å². The molecule has 0 bridgehead atoms. The Morgan fingerprint density at radius 1 is 1.05 bits per heavy atom. The third kappa shape index (κ3) is 4.90. The Morgan fingerprint density at radius 3 is 2.59 bits per heavy atom. The van der Waals surface area contributed by atoms with Gasteiger partial charge in [0.15, 0.2) is 11.5 Å². The number of Topliss-reactive ketones (excluding diaryl/α,β-unsaturated/α-hetero) is 1. The molecular weight excluding hydrogens is 498 g/mol. The number of phenolic OH excluding ortho intramolecular Hbond substituents is 1. The van der Waals surface area contributed by atoms with Crippen LogP contribution in [0.5, 0.6) is 17.2 Å². The summed E-state index contributed by atoms with van der Waals surface area (Å²) in [7, 11) is 0. The largest absolute Gasteiger partial charge is 0.507 e. The lowest BCUT2D eigenvalue weighted by Crippen LogP contribution is -2.30. The third-order valence-electron chi connectivity index (χ3n) is 6.34. The molecule has 0 radical (unpaired) electrons. The number of aliphatic hydroxyl groups is 1. The van der Waals surface area contributed by atoms with Gasteiger partial charge in [0.25, 0.3) is 5.78 Å².